The minimum atomic E-state index is -0.993. The molecule has 25 heavy (non-hydrogen) atoms. The van der Waals surface area contributed by atoms with E-state index >= 15 is 0 Å². The first-order chi connectivity index (χ1) is 12.0. The van der Waals surface area contributed by atoms with E-state index in [-0.39, 0.29) is 11.9 Å². The SMILES string of the molecule is NCCCNC(=O)Nc1cccc(C(=O)NC2CCN[C@@H]2C(=O)O)c1. The summed E-state index contributed by atoms with van der Waals surface area (Å²) in [4.78, 5) is 35.2. The predicted octanol–water partition coefficient (Wildman–Crippen LogP) is -0.298. The monoisotopic (exact) mass is 349 g/mol. The van der Waals surface area contributed by atoms with E-state index in [4.69, 9.17) is 10.8 Å². The topological polar surface area (TPSA) is 146 Å². The number of carbonyl (C=O) groups excluding carboxylic acids is 2. The van der Waals surface area contributed by atoms with Gasteiger partial charge >= 0.3 is 12.0 Å². The summed E-state index contributed by atoms with van der Waals surface area (Å²) in [6.07, 6.45) is 1.22. The largest absolute Gasteiger partial charge is 0.480 e. The molecule has 0 radical (unpaired) electrons. The van der Waals surface area contributed by atoms with Crippen molar-refractivity contribution in [2.24, 2.45) is 5.73 Å². The first-order valence-corrected chi connectivity index (χ1v) is 8.13. The van der Waals surface area contributed by atoms with Crippen LogP contribution >= 0.6 is 0 Å². The molecule has 1 unspecified atom stereocenters. The summed E-state index contributed by atoms with van der Waals surface area (Å²) in [7, 11) is 0. The molecule has 0 bridgehead atoms. The third-order valence-electron chi connectivity index (χ3n) is 3.85. The van der Waals surface area contributed by atoms with E-state index in [0.29, 0.717) is 43.7 Å². The summed E-state index contributed by atoms with van der Waals surface area (Å²) in [6.45, 7) is 1.49. The summed E-state index contributed by atoms with van der Waals surface area (Å²) in [5.74, 6) is -1.38. The lowest BCUT2D eigenvalue weighted by Crippen LogP contribution is -2.47. The van der Waals surface area contributed by atoms with Crippen molar-refractivity contribution in [1.29, 1.82) is 0 Å². The highest BCUT2D eigenvalue weighted by molar-refractivity contribution is 5.97. The Hall–Kier alpha value is -2.65. The van der Waals surface area contributed by atoms with Gasteiger partial charge in [-0.2, -0.15) is 0 Å². The smallest absolute Gasteiger partial charge is 0.322 e. The second kappa shape index (κ2) is 9.00. The first-order valence-electron chi connectivity index (χ1n) is 8.13. The molecular formula is C16H23N5O4. The molecule has 2 atom stereocenters. The van der Waals surface area contributed by atoms with Gasteiger partial charge in [0.2, 0.25) is 0 Å². The van der Waals surface area contributed by atoms with Crippen molar-refractivity contribution in [3.63, 3.8) is 0 Å². The average Bonchev–Trinajstić information content (AvgIpc) is 3.03. The number of hydrogen-bond acceptors (Lipinski definition) is 5. The van der Waals surface area contributed by atoms with Gasteiger partial charge in [0, 0.05) is 17.8 Å². The number of carbonyl (C=O) groups is 3. The molecule has 136 valence electrons. The van der Waals surface area contributed by atoms with Crippen molar-refractivity contribution >= 4 is 23.6 Å². The molecule has 0 aliphatic carbocycles. The summed E-state index contributed by atoms with van der Waals surface area (Å²) in [5.41, 5.74) is 6.17. The zero-order valence-electron chi connectivity index (χ0n) is 13.7. The fourth-order valence-corrected chi connectivity index (χ4v) is 2.59. The minimum absolute atomic E-state index is 0.343. The number of carboxylic acids is 1. The number of nitrogens with one attached hydrogen (secondary N) is 4. The van der Waals surface area contributed by atoms with Crippen molar-refractivity contribution in [3.8, 4) is 0 Å². The number of anilines is 1. The van der Waals surface area contributed by atoms with Crippen LogP contribution in [0.3, 0.4) is 0 Å². The number of benzene rings is 1. The van der Waals surface area contributed by atoms with Crippen LogP contribution < -0.4 is 27.0 Å². The van der Waals surface area contributed by atoms with Crippen LogP contribution in [0.5, 0.6) is 0 Å². The van der Waals surface area contributed by atoms with Crippen molar-refractivity contribution < 1.29 is 19.5 Å². The maximum atomic E-state index is 12.3. The third kappa shape index (κ3) is 5.44. The van der Waals surface area contributed by atoms with Crippen molar-refractivity contribution in [2.45, 2.75) is 24.9 Å². The quantitative estimate of drug-likeness (QED) is 0.373. The zero-order chi connectivity index (χ0) is 18.2. The molecule has 1 heterocycles. The Bertz CT molecular complexity index is 637. The van der Waals surface area contributed by atoms with E-state index < -0.39 is 18.1 Å². The lowest BCUT2D eigenvalue weighted by molar-refractivity contribution is -0.139. The van der Waals surface area contributed by atoms with Crippen molar-refractivity contribution in [3.05, 3.63) is 29.8 Å². The molecule has 1 saturated heterocycles. The first kappa shape index (κ1) is 18.7. The van der Waals surface area contributed by atoms with E-state index in [2.05, 4.69) is 21.3 Å². The number of rotatable bonds is 7. The molecule has 0 aromatic heterocycles. The molecule has 0 saturated carbocycles. The summed E-state index contributed by atoms with van der Waals surface area (Å²) >= 11 is 0. The molecular weight excluding hydrogens is 326 g/mol. The molecule has 9 heteroatoms. The van der Waals surface area contributed by atoms with Gasteiger partial charge in [-0.15, -0.1) is 0 Å². The summed E-state index contributed by atoms with van der Waals surface area (Å²) < 4.78 is 0. The van der Waals surface area contributed by atoms with Gasteiger partial charge in [-0.1, -0.05) is 6.07 Å². The molecule has 1 aliphatic heterocycles. The number of aliphatic carboxylic acids is 1. The number of amides is 3. The van der Waals surface area contributed by atoms with Crippen LogP contribution in [-0.2, 0) is 4.79 Å². The highest BCUT2D eigenvalue weighted by Gasteiger charge is 2.33. The lowest BCUT2D eigenvalue weighted by Gasteiger charge is -2.17. The maximum Gasteiger partial charge on any atom is 0.322 e. The minimum Gasteiger partial charge on any atom is -0.480 e. The van der Waals surface area contributed by atoms with Crippen LogP contribution in [0.15, 0.2) is 24.3 Å². The van der Waals surface area contributed by atoms with Gasteiger partial charge < -0.3 is 32.1 Å². The van der Waals surface area contributed by atoms with Crippen molar-refractivity contribution in [2.75, 3.05) is 25.0 Å². The van der Waals surface area contributed by atoms with E-state index in [9.17, 15) is 14.4 Å². The zero-order valence-corrected chi connectivity index (χ0v) is 13.7. The van der Waals surface area contributed by atoms with Gasteiger partial charge in [0.25, 0.3) is 5.91 Å². The normalized spacial score (nSPS) is 19.2. The lowest BCUT2D eigenvalue weighted by atomic mass is 10.1. The van der Waals surface area contributed by atoms with E-state index in [1.165, 1.54) is 6.07 Å². The van der Waals surface area contributed by atoms with Gasteiger partial charge in [0.15, 0.2) is 0 Å². The molecule has 3 amide bonds. The number of urea groups is 1. The number of hydrogen-bond donors (Lipinski definition) is 6. The highest BCUT2D eigenvalue weighted by atomic mass is 16.4. The van der Waals surface area contributed by atoms with Gasteiger partial charge in [-0.3, -0.25) is 9.59 Å². The van der Waals surface area contributed by atoms with Crippen molar-refractivity contribution in [1.82, 2.24) is 16.0 Å². The fourth-order valence-electron chi connectivity index (χ4n) is 2.59. The Kier molecular flexibility index (Phi) is 6.72. The maximum absolute atomic E-state index is 12.3. The molecule has 7 N–H and O–H groups in total. The van der Waals surface area contributed by atoms with Crippen LogP contribution in [-0.4, -0.2) is 54.7 Å². The molecule has 1 fully saturated rings. The standard InChI is InChI=1S/C16H23N5O4/c17-6-2-7-19-16(25)20-11-4-1-3-10(9-11)14(22)21-12-5-8-18-13(12)15(23)24/h1,3-4,9,12-13,18H,2,5-8,17H2,(H,21,22)(H,23,24)(H2,19,20,25)/t12?,13-/m0/s1. The Balaban J connectivity index is 1.94. The Morgan fingerprint density at radius 3 is 2.84 bits per heavy atom. The summed E-state index contributed by atoms with van der Waals surface area (Å²) in [5, 5.41) is 20.0. The molecule has 1 aliphatic rings. The molecule has 9 nitrogen and oxygen atoms in total. The van der Waals surface area contributed by atoms with E-state index in [1.54, 1.807) is 18.2 Å². The second-order valence-corrected chi connectivity index (χ2v) is 5.74. The van der Waals surface area contributed by atoms with Crippen LogP contribution in [0.2, 0.25) is 0 Å². The van der Waals surface area contributed by atoms with Gasteiger partial charge in [0.05, 0.1) is 6.04 Å². The van der Waals surface area contributed by atoms with E-state index in [1.807, 2.05) is 0 Å². The highest BCUT2D eigenvalue weighted by Crippen LogP contribution is 2.13. The molecule has 2 rings (SSSR count). The van der Waals surface area contributed by atoms with Gasteiger partial charge in [0.1, 0.15) is 6.04 Å². The predicted molar refractivity (Wildman–Crippen MR) is 92.4 cm³/mol. The third-order valence-corrected chi connectivity index (χ3v) is 3.85. The Labute approximate surface area is 145 Å². The van der Waals surface area contributed by atoms with E-state index in [0.717, 1.165) is 0 Å². The number of carboxylic acid groups (broad SMARTS) is 1. The van der Waals surface area contributed by atoms with Gasteiger partial charge in [-0.25, -0.2) is 4.79 Å². The number of nitrogens with two attached hydrogens (primary N) is 1. The van der Waals surface area contributed by atoms with Crippen LogP contribution in [0.4, 0.5) is 10.5 Å². The average molecular weight is 349 g/mol. The fraction of sp³-hybridized carbons (Fsp3) is 0.438. The second-order valence-electron chi connectivity index (χ2n) is 5.74. The molecule has 1 aromatic carbocycles. The van der Waals surface area contributed by atoms with Crippen LogP contribution in [0, 0.1) is 0 Å². The Morgan fingerprint density at radius 2 is 2.12 bits per heavy atom. The van der Waals surface area contributed by atoms with Gasteiger partial charge in [-0.05, 0) is 44.1 Å². The van der Waals surface area contributed by atoms with Crippen LogP contribution in [0.1, 0.15) is 23.2 Å². The van der Waals surface area contributed by atoms with Crippen LogP contribution in [0.25, 0.3) is 0 Å². The molecule has 0 spiro atoms. The molecule has 1 aromatic rings. The summed E-state index contributed by atoms with van der Waals surface area (Å²) in [6, 6.07) is 4.81. The Morgan fingerprint density at radius 1 is 1.32 bits per heavy atom.